The average Bonchev–Trinajstić information content (AvgIpc) is 3.49. The molecule has 0 aliphatic carbocycles. The first-order chi connectivity index (χ1) is 17.4. The smallest absolute Gasteiger partial charge is 0.240 e. The van der Waals surface area contributed by atoms with E-state index in [-0.39, 0.29) is 36.6 Å². The predicted octanol–water partition coefficient (Wildman–Crippen LogP) is 4.74. The van der Waals surface area contributed by atoms with Gasteiger partial charge in [-0.2, -0.15) is 0 Å². The lowest BCUT2D eigenvalue weighted by atomic mass is 9.75. The molecule has 6 heteroatoms. The van der Waals surface area contributed by atoms with Gasteiger partial charge in [-0.1, -0.05) is 72.8 Å². The lowest BCUT2D eigenvalue weighted by Crippen LogP contribution is -2.42. The molecule has 2 fully saturated rings. The van der Waals surface area contributed by atoms with Crippen molar-refractivity contribution < 1.29 is 19.1 Å². The van der Waals surface area contributed by atoms with Crippen LogP contribution >= 0.6 is 0 Å². The van der Waals surface area contributed by atoms with Gasteiger partial charge in [-0.15, -0.1) is 0 Å². The number of hydrogen-bond acceptors (Lipinski definition) is 4. The maximum Gasteiger partial charge on any atom is 0.240 e. The number of carbonyl (C=O) groups is 3. The van der Waals surface area contributed by atoms with Gasteiger partial charge in [0.25, 0.3) is 0 Å². The van der Waals surface area contributed by atoms with E-state index in [1.165, 1.54) is 11.9 Å². The van der Waals surface area contributed by atoms with Crippen LogP contribution in [0.3, 0.4) is 0 Å². The van der Waals surface area contributed by atoms with E-state index >= 15 is 0 Å². The minimum absolute atomic E-state index is 0.00801. The van der Waals surface area contributed by atoms with Crippen molar-refractivity contribution in [1.29, 1.82) is 0 Å². The minimum atomic E-state index is -1.20. The zero-order chi connectivity index (χ0) is 25.3. The number of carbonyl (C=O) groups excluding carboxylic acids is 3. The highest BCUT2D eigenvalue weighted by Crippen LogP contribution is 2.43. The molecule has 2 aliphatic rings. The first-order valence-electron chi connectivity index (χ1n) is 12.3. The van der Waals surface area contributed by atoms with Crippen molar-refractivity contribution in [3.8, 4) is 16.9 Å². The number of para-hydroxylation sites is 1. The van der Waals surface area contributed by atoms with Crippen molar-refractivity contribution in [3.05, 3.63) is 90.0 Å². The lowest BCUT2D eigenvalue weighted by Gasteiger charge is -2.32. The summed E-state index contributed by atoms with van der Waals surface area (Å²) in [5, 5.41) is 0. The number of nitrogens with zero attached hydrogens (tertiary/aromatic N) is 2. The fourth-order valence-corrected chi connectivity index (χ4v) is 5.65. The first-order valence-corrected chi connectivity index (χ1v) is 12.3. The van der Waals surface area contributed by atoms with Crippen molar-refractivity contribution in [2.45, 2.75) is 37.1 Å². The van der Waals surface area contributed by atoms with Crippen molar-refractivity contribution in [1.82, 2.24) is 9.80 Å². The van der Waals surface area contributed by atoms with Crippen LogP contribution in [0.1, 0.15) is 42.9 Å². The Balaban J connectivity index is 1.47. The van der Waals surface area contributed by atoms with Crippen LogP contribution in [0.25, 0.3) is 11.1 Å². The van der Waals surface area contributed by atoms with Gasteiger partial charge in [-0.05, 0) is 35.6 Å². The molecule has 0 N–H and O–H groups in total. The number of rotatable bonds is 6. The highest BCUT2D eigenvalue weighted by molar-refractivity contribution is 6.10. The van der Waals surface area contributed by atoms with E-state index in [1.54, 1.807) is 7.11 Å². The third-order valence-electron chi connectivity index (χ3n) is 7.61. The molecular weight excluding hydrogens is 452 g/mol. The van der Waals surface area contributed by atoms with Crippen molar-refractivity contribution in [2.24, 2.45) is 0 Å². The Morgan fingerprint density at radius 2 is 1.61 bits per heavy atom. The van der Waals surface area contributed by atoms with Crippen LogP contribution in [-0.4, -0.2) is 48.2 Å². The molecule has 3 aromatic rings. The molecule has 3 aromatic carbocycles. The second kappa shape index (κ2) is 9.61. The van der Waals surface area contributed by atoms with E-state index in [4.69, 9.17) is 4.74 Å². The number of likely N-dealkylation sites (tertiary alicyclic amines) is 2. The molecule has 2 heterocycles. The molecule has 0 saturated carbocycles. The van der Waals surface area contributed by atoms with Gasteiger partial charge in [-0.3, -0.25) is 19.3 Å². The van der Waals surface area contributed by atoms with Gasteiger partial charge in [0, 0.05) is 32.0 Å². The second-order valence-corrected chi connectivity index (χ2v) is 9.62. The number of imide groups is 1. The van der Waals surface area contributed by atoms with Crippen LogP contribution in [0.4, 0.5) is 0 Å². The second-order valence-electron chi connectivity index (χ2n) is 9.62. The van der Waals surface area contributed by atoms with Gasteiger partial charge >= 0.3 is 0 Å². The normalized spacial score (nSPS) is 21.8. The van der Waals surface area contributed by atoms with Gasteiger partial charge in [0.1, 0.15) is 5.75 Å². The molecule has 184 valence electrons. The molecule has 0 aromatic heterocycles. The quantitative estimate of drug-likeness (QED) is 0.476. The van der Waals surface area contributed by atoms with Crippen LogP contribution in [0.5, 0.6) is 5.75 Å². The van der Waals surface area contributed by atoms with Gasteiger partial charge in [0.2, 0.25) is 17.7 Å². The summed E-state index contributed by atoms with van der Waals surface area (Å²) in [6.45, 7) is 0.614. The summed E-state index contributed by atoms with van der Waals surface area (Å²) in [7, 11) is 3.13. The van der Waals surface area contributed by atoms with Crippen LogP contribution in [-0.2, 0) is 19.8 Å². The summed E-state index contributed by atoms with van der Waals surface area (Å²) in [6.07, 6.45) is 1.65. The summed E-state index contributed by atoms with van der Waals surface area (Å²) in [4.78, 5) is 43.0. The zero-order valence-electron chi connectivity index (χ0n) is 20.6. The Morgan fingerprint density at radius 3 is 2.28 bits per heavy atom. The Labute approximate surface area is 211 Å². The van der Waals surface area contributed by atoms with E-state index in [9.17, 15) is 14.4 Å². The van der Waals surface area contributed by atoms with Crippen LogP contribution in [0.2, 0.25) is 0 Å². The Bertz CT molecular complexity index is 1290. The molecule has 0 radical (unpaired) electrons. The fraction of sp³-hybridized carbons (Fsp3) is 0.300. The SMILES string of the molecule is COc1ccccc1[C@H]1CCCN1C(=O)C[C@@]1(c2ccc(-c3ccccc3)cc2)CC(=O)N(C)C1=O. The predicted molar refractivity (Wildman–Crippen MR) is 137 cm³/mol. The molecule has 0 bridgehead atoms. The minimum Gasteiger partial charge on any atom is -0.496 e. The molecule has 5 rings (SSSR count). The Morgan fingerprint density at radius 1 is 0.944 bits per heavy atom. The largest absolute Gasteiger partial charge is 0.496 e. The monoisotopic (exact) mass is 482 g/mol. The van der Waals surface area contributed by atoms with E-state index < -0.39 is 5.41 Å². The standard InChI is InChI=1S/C30H30N2O4/c1-31-27(33)19-30(29(31)35,23-16-14-22(15-17-23)21-9-4-3-5-10-21)20-28(34)32-18-8-12-25(32)24-11-6-7-13-26(24)36-2/h3-7,9-11,13-17,25H,8,12,18-20H2,1-2H3/t25-,30-/m1/s1. The van der Waals surface area contributed by atoms with Gasteiger partial charge < -0.3 is 9.64 Å². The highest BCUT2D eigenvalue weighted by atomic mass is 16.5. The summed E-state index contributed by atoms with van der Waals surface area (Å²) in [5.74, 6) is 0.0521. The molecular formula is C30H30N2O4. The van der Waals surface area contributed by atoms with Crippen molar-refractivity contribution >= 4 is 17.7 Å². The van der Waals surface area contributed by atoms with Crippen molar-refractivity contribution in [2.75, 3.05) is 20.7 Å². The fourth-order valence-electron chi connectivity index (χ4n) is 5.65. The topological polar surface area (TPSA) is 66.9 Å². The van der Waals surface area contributed by atoms with Gasteiger partial charge in [0.05, 0.1) is 18.6 Å². The first kappa shape index (κ1) is 23.8. The Kier molecular flexibility index (Phi) is 6.35. The number of ether oxygens (including phenoxy) is 1. The lowest BCUT2D eigenvalue weighted by molar-refractivity contribution is -0.141. The van der Waals surface area contributed by atoms with Gasteiger partial charge in [-0.25, -0.2) is 0 Å². The maximum absolute atomic E-state index is 13.8. The van der Waals surface area contributed by atoms with Crippen LogP contribution in [0.15, 0.2) is 78.9 Å². The summed E-state index contributed by atoms with van der Waals surface area (Å²) in [5.41, 5.74) is 2.55. The van der Waals surface area contributed by atoms with Crippen molar-refractivity contribution in [3.63, 3.8) is 0 Å². The molecule has 0 spiro atoms. The number of benzene rings is 3. The van der Waals surface area contributed by atoms with E-state index in [0.29, 0.717) is 12.1 Å². The van der Waals surface area contributed by atoms with Gasteiger partial charge in [0.15, 0.2) is 0 Å². The van der Waals surface area contributed by atoms with E-state index in [2.05, 4.69) is 0 Å². The Hall–Kier alpha value is -3.93. The highest BCUT2D eigenvalue weighted by Gasteiger charge is 2.53. The van der Waals surface area contributed by atoms with Crippen LogP contribution in [0, 0.1) is 0 Å². The molecule has 2 aliphatic heterocycles. The summed E-state index contributed by atoms with van der Waals surface area (Å²) < 4.78 is 5.56. The molecule has 0 unspecified atom stereocenters. The van der Waals surface area contributed by atoms with E-state index in [0.717, 1.165) is 35.3 Å². The molecule has 3 amide bonds. The van der Waals surface area contributed by atoms with E-state index in [1.807, 2.05) is 83.8 Å². The molecule has 2 saturated heterocycles. The maximum atomic E-state index is 13.8. The summed E-state index contributed by atoms with van der Waals surface area (Å²) in [6, 6.07) is 25.3. The molecule has 36 heavy (non-hydrogen) atoms. The van der Waals surface area contributed by atoms with Crippen LogP contribution < -0.4 is 4.74 Å². The zero-order valence-corrected chi connectivity index (χ0v) is 20.6. The average molecular weight is 483 g/mol. The number of methoxy groups -OCH3 is 1. The number of likely N-dealkylation sites (N-methyl/N-ethyl adjacent to an activating group) is 1. The molecule has 2 atom stereocenters. The third-order valence-corrected chi connectivity index (χ3v) is 7.61. The number of hydrogen-bond donors (Lipinski definition) is 0. The summed E-state index contributed by atoms with van der Waals surface area (Å²) >= 11 is 0. The molecule has 6 nitrogen and oxygen atoms in total. The third kappa shape index (κ3) is 4.06. The number of amides is 3.